The molecule has 0 N–H and O–H groups in total. The van der Waals surface area contributed by atoms with Crippen LogP contribution in [0.3, 0.4) is 0 Å². The van der Waals surface area contributed by atoms with Gasteiger partial charge in [0.05, 0.1) is 17.2 Å². The molecule has 154 valence electrons. The van der Waals surface area contributed by atoms with Gasteiger partial charge in [0.15, 0.2) is 0 Å². The van der Waals surface area contributed by atoms with Crippen molar-refractivity contribution in [3.63, 3.8) is 0 Å². The molecule has 32 heavy (non-hydrogen) atoms. The topological polar surface area (TPSA) is 73.3 Å². The first-order valence-electron chi connectivity index (χ1n) is 9.64. The van der Waals surface area contributed by atoms with E-state index < -0.39 is 11.8 Å². The van der Waals surface area contributed by atoms with Crippen molar-refractivity contribution in [2.75, 3.05) is 4.90 Å². The average Bonchev–Trinajstić information content (AvgIpc) is 2.75. The van der Waals surface area contributed by atoms with Crippen LogP contribution < -0.4 is 39.6 Å². The number of rotatable bonds is 4. The third-order valence-electron chi connectivity index (χ3n) is 5.11. The molecule has 0 bridgehead atoms. The molecular formula is C25H18FN2NaO3. The predicted molar refractivity (Wildman–Crippen MR) is 115 cm³/mol. The van der Waals surface area contributed by atoms with E-state index in [4.69, 9.17) is 0 Å². The predicted octanol–water partition coefficient (Wildman–Crippen LogP) is 1.40. The summed E-state index contributed by atoms with van der Waals surface area (Å²) >= 11 is 0. The Hall–Kier alpha value is -3.06. The zero-order chi connectivity index (χ0) is 22.1. The number of carbonyl (C=O) groups excluding carboxylic acids is 2. The average molecular weight is 436 g/mol. The minimum Gasteiger partial charge on any atom is -0.545 e. The zero-order valence-corrected chi connectivity index (χ0v) is 19.9. The monoisotopic (exact) mass is 436 g/mol. The number of pyridine rings is 1. The second-order valence-corrected chi connectivity index (χ2v) is 7.16. The number of carboxylic acid groups (broad SMARTS) is 1. The molecule has 0 radical (unpaired) electrons. The number of anilines is 2. The Kier molecular flexibility index (Phi) is 7.09. The van der Waals surface area contributed by atoms with Crippen LogP contribution >= 0.6 is 0 Å². The van der Waals surface area contributed by atoms with Gasteiger partial charge in [0.2, 0.25) is 5.91 Å². The largest absolute Gasteiger partial charge is 1.00 e. The fourth-order valence-corrected chi connectivity index (χ4v) is 3.71. The molecule has 0 fully saturated rings. The molecule has 1 aromatic heterocycles. The maximum Gasteiger partial charge on any atom is 1.00 e. The maximum absolute atomic E-state index is 13.8. The van der Waals surface area contributed by atoms with Gasteiger partial charge in [0.1, 0.15) is 11.6 Å². The Morgan fingerprint density at radius 2 is 1.62 bits per heavy atom. The molecule has 4 rings (SSSR count). The van der Waals surface area contributed by atoms with Crippen molar-refractivity contribution in [1.29, 1.82) is 0 Å². The smallest absolute Gasteiger partial charge is 0.545 e. The van der Waals surface area contributed by atoms with Gasteiger partial charge in [0.25, 0.3) is 0 Å². The van der Waals surface area contributed by atoms with Crippen LogP contribution in [-0.4, -0.2) is 16.9 Å². The van der Waals surface area contributed by atoms with Gasteiger partial charge in [-0.1, -0.05) is 42.5 Å². The molecule has 0 aliphatic heterocycles. The summed E-state index contributed by atoms with van der Waals surface area (Å²) in [7, 11) is 0. The van der Waals surface area contributed by atoms with Gasteiger partial charge in [0, 0.05) is 23.4 Å². The van der Waals surface area contributed by atoms with Crippen LogP contribution in [0.2, 0.25) is 0 Å². The van der Waals surface area contributed by atoms with Gasteiger partial charge in [-0.2, -0.15) is 0 Å². The number of carbonyl (C=O) groups is 2. The van der Waals surface area contributed by atoms with E-state index in [9.17, 15) is 19.1 Å². The third-order valence-corrected chi connectivity index (χ3v) is 5.11. The van der Waals surface area contributed by atoms with Crippen LogP contribution in [0.25, 0.3) is 22.0 Å². The van der Waals surface area contributed by atoms with E-state index in [1.54, 1.807) is 6.07 Å². The molecule has 0 unspecified atom stereocenters. The summed E-state index contributed by atoms with van der Waals surface area (Å²) in [6.07, 6.45) is 0. The van der Waals surface area contributed by atoms with E-state index in [-0.39, 0.29) is 63.3 Å². The number of halogens is 1. The number of amides is 1. The van der Waals surface area contributed by atoms with Gasteiger partial charge >= 0.3 is 29.6 Å². The van der Waals surface area contributed by atoms with E-state index in [2.05, 4.69) is 4.98 Å². The first-order chi connectivity index (χ1) is 14.9. The minimum absolute atomic E-state index is 0. The fraction of sp³-hybridized carbons (Fsp3) is 0.0800. The Bertz CT molecular complexity index is 1330. The van der Waals surface area contributed by atoms with Crippen LogP contribution in [0.1, 0.15) is 22.8 Å². The number of hydrogen-bond donors (Lipinski definition) is 0. The minimum atomic E-state index is -1.46. The number of carboxylic acids is 1. The second-order valence-electron chi connectivity index (χ2n) is 7.16. The van der Waals surface area contributed by atoms with Gasteiger partial charge in [-0.3, -0.25) is 9.69 Å². The first-order valence-corrected chi connectivity index (χ1v) is 9.64. The number of nitrogens with zero attached hydrogens (tertiary/aromatic N) is 2. The van der Waals surface area contributed by atoms with Crippen molar-refractivity contribution in [3.8, 4) is 11.1 Å². The molecule has 0 spiro atoms. The van der Waals surface area contributed by atoms with Crippen molar-refractivity contribution < 1.29 is 48.6 Å². The number of aromatic carboxylic acids is 1. The summed E-state index contributed by atoms with van der Waals surface area (Å²) < 4.78 is 13.8. The van der Waals surface area contributed by atoms with E-state index in [1.807, 2.05) is 48.5 Å². The van der Waals surface area contributed by atoms with E-state index >= 15 is 0 Å². The molecule has 0 aliphatic rings. The zero-order valence-electron chi connectivity index (χ0n) is 17.9. The third kappa shape index (κ3) is 4.43. The summed E-state index contributed by atoms with van der Waals surface area (Å²) in [6, 6.07) is 20.7. The quantitative estimate of drug-likeness (QED) is 0.454. The molecule has 0 saturated heterocycles. The second kappa shape index (κ2) is 9.61. The molecule has 5 nitrogen and oxygen atoms in total. The number of fused-ring (bicyclic) bond motifs is 1. The summed E-state index contributed by atoms with van der Waals surface area (Å²) in [5, 5.41) is 12.0. The Morgan fingerprint density at radius 3 is 2.28 bits per heavy atom. The van der Waals surface area contributed by atoms with E-state index in [0.717, 1.165) is 17.2 Å². The van der Waals surface area contributed by atoms with E-state index in [1.165, 1.54) is 30.9 Å². The number of benzene rings is 3. The van der Waals surface area contributed by atoms with Crippen molar-refractivity contribution >= 4 is 34.3 Å². The van der Waals surface area contributed by atoms with Crippen LogP contribution in [0.4, 0.5) is 15.9 Å². The molecule has 1 amide bonds. The van der Waals surface area contributed by atoms with Crippen LogP contribution in [0.15, 0.2) is 72.8 Å². The van der Waals surface area contributed by atoms with Gasteiger partial charge < -0.3 is 9.90 Å². The van der Waals surface area contributed by atoms with Crippen LogP contribution in [0.5, 0.6) is 0 Å². The van der Waals surface area contributed by atoms with E-state index in [0.29, 0.717) is 5.69 Å². The first kappa shape index (κ1) is 23.6. The fourth-order valence-electron chi connectivity index (χ4n) is 3.71. The Morgan fingerprint density at radius 1 is 0.938 bits per heavy atom. The van der Waals surface area contributed by atoms with Gasteiger partial charge in [-0.05, 0) is 48.4 Å². The normalized spacial score (nSPS) is 10.5. The molecule has 1 heterocycles. The molecule has 0 aliphatic carbocycles. The van der Waals surface area contributed by atoms with Crippen molar-refractivity contribution in [2.45, 2.75) is 13.8 Å². The number of aromatic nitrogens is 1. The summed E-state index contributed by atoms with van der Waals surface area (Å²) in [5.41, 5.74) is 2.69. The summed E-state index contributed by atoms with van der Waals surface area (Å²) in [6.45, 7) is 2.92. The molecule has 0 saturated carbocycles. The van der Waals surface area contributed by atoms with Crippen molar-refractivity contribution in [2.24, 2.45) is 0 Å². The number of hydrogen-bond acceptors (Lipinski definition) is 4. The van der Waals surface area contributed by atoms with Crippen LogP contribution in [0, 0.1) is 12.7 Å². The maximum atomic E-state index is 13.8. The van der Waals surface area contributed by atoms with Crippen molar-refractivity contribution in [1.82, 2.24) is 4.98 Å². The molecule has 0 atom stereocenters. The molecule has 3 aromatic carbocycles. The molecule has 7 heteroatoms. The standard InChI is InChI=1S/C25H19FN2O3.Na/c1-15-23(25(30)31)21-14-19(26)11-12-22(21)27-24(15)28(16(2)29)20-10-6-9-18(13-20)17-7-4-3-5-8-17;/h3-14H,1-2H3,(H,30,31);/q;+1/p-1. The summed E-state index contributed by atoms with van der Waals surface area (Å²) in [4.78, 5) is 30.4. The summed E-state index contributed by atoms with van der Waals surface area (Å²) in [5.74, 6) is -2.22. The van der Waals surface area contributed by atoms with Gasteiger partial charge in [-0.15, -0.1) is 0 Å². The van der Waals surface area contributed by atoms with Gasteiger partial charge in [-0.25, -0.2) is 9.37 Å². The molecular weight excluding hydrogens is 418 g/mol. The van der Waals surface area contributed by atoms with Crippen molar-refractivity contribution in [3.05, 3.63) is 89.7 Å². The Balaban J connectivity index is 0.00000289. The Labute approximate surface area is 206 Å². The SMILES string of the molecule is CC(=O)N(c1cccc(-c2ccccc2)c1)c1nc2ccc(F)cc2c(C(=O)[O-])c1C.[Na+]. The van der Waals surface area contributed by atoms with Crippen LogP contribution in [-0.2, 0) is 4.79 Å². The molecule has 4 aromatic rings.